The molecule has 2 aromatic rings. The molecule has 1 aliphatic rings. The lowest BCUT2D eigenvalue weighted by molar-refractivity contribution is -0.127. The Kier molecular flexibility index (Phi) is 7.87. The zero-order valence-electron chi connectivity index (χ0n) is 18.2. The summed E-state index contributed by atoms with van der Waals surface area (Å²) in [6.07, 6.45) is 1.87. The first-order chi connectivity index (χ1) is 14.5. The lowest BCUT2D eigenvalue weighted by atomic mass is 10.0. The summed E-state index contributed by atoms with van der Waals surface area (Å²) >= 11 is 0. The number of hydrogen-bond acceptors (Lipinski definition) is 6. The maximum Gasteiger partial charge on any atom is 0.336 e. The first-order valence-electron chi connectivity index (χ1n) is 10.8. The average molecular weight is 417 g/mol. The highest BCUT2D eigenvalue weighted by Gasteiger charge is 2.19. The minimum atomic E-state index is -0.653. The van der Waals surface area contributed by atoms with E-state index in [-0.39, 0.29) is 11.5 Å². The fourth-order valence-electron chi connectivity index (χ4n) is 3.76. The monoisotopic (exact) mass is 416 g/mol. The number of nitrogens with one attached hydrogen (secondary N) is 1. The number of hydrogen-bond donors (Lipinski definition) is 1. The number of benzene rings is 1. The van der Waals surface area contributed by atoms with E-state index in [1.54, 1.807) is 6.92 Å². The molecule has 1 fully saturated rings. The lowest BCUT2D eigenvalue weighted by Gasteiger charge is -2.26. The Hall–Kier alpha value is -2.38. The summed E-state index contributed by atoms with van der Waals surface area (Å²) in [5.74, 6) is 0.425. The van der Waals surface area contributed by atoms with E-state index in [4.69, 9.17) is 13.9 Å². The second-order valence-electron chi connectivity index (χ2n) is 7.84. The van der Waals surface area contributed by atoms with Crippen LogP contribution in [0.3, 0.4) is 0 Å². The van der Waals surface area contributed by atoms with Gasteiger partial charge in [-0.25, -0.2) is 4.79 Å². The first-order valence-corrected chi connectivity index (χ1v) is 10.8. The van der Waals surface area contributed by atoms with Crippen molar-refractivity contribution in [3.63, 3.8) is 0 Å². The molecular weight excluding hydrogens is 384 g/mol. The van der Waals surface area contributed by atoms with Crippen LogP contribution >= 0.6 is 0 Å². The Balaban J connectivity index is 1.64. The number of morpholine rings is 1. The van der Waals surface area contributed by atoms with Crippen molar-refractivity contribution in [2.45, 2.75) is 46.1 Å². The van der Waals surface area contributed by atoms with Crippen LogP contribution in [0, 0.1) is 6.92 Å². The summed E-state index contributed by atoms with van der Waals surface area (Å²) < 4.78 is 16.8. The van der Waals surface area contributed by atoms with Crippen molar-refractivity contribution in [2.75, 3.05) is 39.4 Å². The Morgan fingerprint density at radius 2 is 2.03 bits per heavy atom. The van der Waals surface area contributed by atoms with E-state index in [9.17, 15) is 9.59 Å². The third-order valence-corrected chi connectivity index (χ3v) is 5.28. The van der Waals surface area contributed by atoms with Gasteiger partial charge in [0, 0.05) is 25.7 Å². The standard InChI is InChI=1S/C23H32N2O5/c1-4-6-18-15-21(26)30-20-14-16(2)13-19(22(18)20)29-17(3)23(27)24-7-5-8-25-9-11-28-12-10-25/h13-15,17H,4-12H2,1-3H3,(H,24,27)/t17-/m0/s1. The van der Waals surface area contributed by atoms with Gasteiger partial charge >= 0.3 is 5.63 Å². The Morgan fingerprint density at radius 3 is 2.77 bits per heavy atom. The van der Waals surface area contributed by atoms with Crippen LogP contribution in [0.25, 0.3) is 11.0 Å². The van der Waals surface area contributed by atoms with Crippen molar-refractivity contribution in [3.05, 3.63) is 39.7 Å². The molecule has 30 heavy (non-hydrogen) atoms. The van der Waals surface area contributed by atoms with Gasteiger partial charge in [-0.05, 0) is 56.5 Å². The van der Waals surface area contributed by atoms with Crippen LogP contribution in [0.5, 0.6) is 5.75 Å². The third kappa shape index (κ3) is 5.83. The Bertz CT molecular complexity index is 918. The number of rotatable bonds is 9. The Labute approximate surface area is 177 Å². The fraction of sp³-hybridized carbons (Fsp3) is 0.565. The molecule has 1 aromatic carbocycles. The van der Waals surface area contributed by atoms with Gasteiger partial charge in [0.1, 0.15) is 11.3 Å². The Morgan fingerprint density at radius 1 is 1.27 bits per heavy atom. The maximum absolute atomic E-state index is 12.5. The second kappa shape index (κ2) is 10.6. The van der Waals surface area contributed by atoms with Crippen molar-refractivity contribution in [2.24, 2.45) is 0 Å². The van der Waals surface area contributed by atoms with Crippen LogP contribution in [-0.2, 0) is 16.0 Å². The fourth-order valence-corrected chi connectivity index (χ4v) is 3.76. The summed E-state index contributed by atoms with van der Waals surface area (Å²) in [7, 11) is 0. The minimum Gasteiger partial charge on any atom is -0.480 e. The van der Waals surface area contributed by atoms with Crippen molar-refractivity contribution >= 4 is 16.9 Å². The number of aryl methyl sites for hydroxylation is 2. The molecule has 0 saturated carbocycles. The van der Waals surface area contributed by atoms with Crippen molar-refractivity contribution in [1.82, 2.24) is 10.2 Å². The number of carbonyl (C=O) groups is 1. The van der Waals surface area contributed by atoms with E-state index in [1.807, 2.05) is 19.1 Å². The predicted octanol–water partition coefficient (Wildman–Crippen LogP) is 2.66. The van der Waals surface area contributed by atoms with E-state index >= 15 is 0 Å². The van der Waals surface area contributed by atoms with E-state index < -0.39 is 6.10 Å². The van der Waals surface area contributed by atoms with Gasteiger partial charge in [0.25, 0.3) is 5.91 Å². The summed E-state index contributed by atoms with van der Waals surface area (Å²) in [5, 5.41) is 3.73. The third-order valence-electron chi connectivity index (χ3n) is 5.28. The molecule has 0 bridgehead atoms. The van der Waals surface area contributed by atoms with Crippen LogP contribution in [-0.4, -0.2) is 56.3 Å². The van der Waals surface area contributed by atoms with Crippen LogP contribution in [0.4, 0.5) is 0 Å². The van der Waals surface area contributed by atoms with E-state index in [0.717, 1.165) is 68.6 Å². The van der Waals surface area contributed by atoms with E-state index in [1.165, 1.54) is 6.07 Å². The number of amides is 1. The largest absolute Gasteiger partial charge is 0.480 e. The molecule has 1 saturated heterocycles. The predicted molar refractivity (Wildman–Crippen MR) is 116 cm³/mol. The number of nitrogens with zero attached hydrogens (tertiary/aromatic N) is 1. The van der Waals surface area contributed by atoms with Gasteiger partial charge < -0.3 is 19.2 Å². The zero-order chi connectivity index (χ0) is 21.5. The normalized spacial score (nSPS) is 15.8. The van der Waals surface area contributed by atoms with Crippen LogP contribution < -0.4 is 15.7 Å². The molecule has 164 valence electrons. The maximum atomic E-state index is 12.5. The molecule has 0 unspecified atom stereocenters. The summed E-state index contributed by atoms with van der Waals surface area (Å²) in [5.41, 5.74) is 1.93. The molecule has 7 nitrogen and oxygen atoms in total. The van der Waals surface area contributed by atoms with Gasteiger partial charge in [-0.3, -0.25) is 9.69 Å². The molecule has 1 amide bonds. The summed E-state index contributed by atoms with van der Waals surface area (Å²) in [4.78, 5) is 26.8. The van der Waals surface area contributed by atoms with Crippen molar-refractivity contribution in [3.8, 4) is 5.75 Å². The SMILES string of the molecule is CCCc1cc(=O)oc2cc(C)cc(O[C@@H](C)C(=O)NCCCN3CCOCC3)c12. The van der Waals surface area contributed by atoms with E-state index in [0.29, 0.717) is 17.9 Å². The summed E-state index contributed by atoms with van der Waals surface area (Å²) in [6, 6.07) is 5.24. The van der Waals surface area contributed by atoms with E-state index in [2.05, 4.69) is 17.1 Å². The van der Waals surface area contributed by atoms with Crippen LogP contribution in [0.15, 0.2) is 27.4 Å². The smallest absolute Gasteiger partial charge is 0.336 e. The average Bonchev–Trinajstić information content (AvgIpc) is 2.71. The van der Waals surface area contributed by atoms with Gasteiger partial charge in [0.2, 0.25) is 0 Å². The molecule has 1 atom stereocenters. The number of fused-ring (bicyclic) bond motifs is 1. The zero-order valence-corrected chi connectivity index (χ0v) is 18.2. The van der Waals surface area contributed by atoms with Crippen molar-refractivity contribution < 1.29 is 18.7 Å². The van der Waals surface area contributed by atoms with Gasteiger partial charge in [-0.2, -0.15) is 0 Å². The molecule has 1 aromatic heterocycles. The topological polar surface area (TPSA) is 81.0 Å². The molecule has 1 aliphatic heterocycles. The summed E-state index contributed by atoms with van der Waals surface area (Å²) in [6.45, 7) is 10.7. The highest BCUT2D eigenvalue weighted by atomic mass is 16.5. The highest BCUT2D eigenvalue weighted by molar-refractivity contribution is 5.88. The molecule has 0 spiro atoms. The molecule has 0 aliphatic carbocycles. The molecular formula is C23H32N2O5. The molecule has 2 heterocycles. The van der Waals surface area contributed by atoms with Gasteiger partial charge in [-0.1, -0.05) is 13.3 Å². The van der Waals surface area contributed by atoms with Crippen LogP contribution in [0.1, 0.15) is 37.8 Å². The quantitative estimate of drug-likeness (QED) is 0.500. The van der Waals surface area contributed by atoms with Crippen molar-refractivity contribution in [1.29, 1.82) is 0 Å². The molecule has 1 N–H and O–H groups in total. The second-order valence-corrected chi connectivity index (χ2v) is 7.84. The highest BCUT2D eigenvalue weighted by Crippen LogP contribution is 2.31. The first kappa shape index (κ1) is 22.3. The number of carbonyl (C=O) groups excluding carboxylic acids is 1. The van der Waals surface area contributed by atoms with Gasteiger partial charge in [0.15, 0.2) is 6.10 Å². The van der Waals surface area contributed by atoms with Gasteiger partial charge in [0.05, 0.1) is 18.6 Å². The molecule has 7 heteroatoms. The molecule has 0 radical (unpaired) electrons. The minimum absolute atomic E-state index is 0.152. The van der Waals surface area contributed by atoms with Crippen LogP contribution in [0.2, 0.25) is 0 Å². The van der Waals surface area contributed by atoms with Gasteiger partial charge in [-0.15, -0.1) is 0 Å². The molecule has 3 rings (SSSR count). The lowest BCUT2D eigenvalue weighted by Crippen LogP contribution is -2.40. The number of ether oxygens (including phenoxy) is 2.